The molecule has 0 spiro atoms. The van der Waals surface area contributed by atoms with Crippen molar-refractivity contribution in [2.24, 2.45) is 16.6 Å². The predicted molar refractivity (Wildman–Crippen MR) is 82.3 cm³/mol. The highest BCUT2D eigenvalue weighted by atomic mass is 32.2. The predicted octanol–water partition coefficient (Wildman–Crippen LogP) is 1.54. The maximum atomic E-state index is 11.3. The third-order valence-electron chi connectivity index (χ3n) is 2.81. The molecule has 0 bridgehead atoms. The van der Waals surface area contributed by atoms with Crippen molar-refractivity contribution in [2.45, 2.75) is 31.7 Å². The van der Waals surface area contributed by atoms with Gasteiger partial charge in [0, 0.05) is 12.8 Å². The first-order valence-electron chi connectivity index (χ1n) is 6.62. The van der Waals surface area contributed by atoms with Gasteiger partial charge in [0.05, 0.1) is 11.4 Å². The number of guanidine groups is 1. The summed E-state index contributed by atoms with van der Waals surface area (Å²) in [4.78, 5) is 4.53. The van der Waals surface area contributed by atoms with Crippen LogP contribution in [0.4, 0.5) is 0 Å². The molecule has 5 nitrogen and oxygen atoms in total. The van der Waals surface area contributed by atoms with Crippen LogP contribution in [0.3, 0.4) is 0 Å². The van der Waals surface area contributed by atoms with Crippen LogP contribution < -0.4 is 11.1 Å². The van der Waals surface area contributed by atoms with Crippen molar-refractivity contribution in [1.82, 2.24) is 5.32 Å². The van der Waals surface area contributed by atoms with Crippen LogP contribution in [0.2, 0.25) is 0 Å². The quantitative estimate of drug-likeness (QED) is 0.616. The SMILES string of the molecule is CC(C)CCNC(N)=NCc1ccc(S(C)(=O)=O)cc1. The lowest BCUT2D eigenvalue weighted by atomic mass is 10.1. The summed E-state index contributed by atoms with van der Waals surface area (Å²) in [6.07, 6.45) is 2.23. The Hall–Kier alpha value is -1.56. The Morgan fingerprint density at radius 3 is 2.40 bits per heavy atom. The maximum absolute atomic E-state index is 11.3. The average molecular weight is 297 g/mol. The third-order valence-corrected chi connectivity index (χ3v) is 3.94. The molecule has 0 saturated heterocycles. The minimum atomic E-state index is -3.14. The van der Waals surface area contributed by atoms with Crippen LogP contribution >= 0.6 is 0 Å². The van der Waals surface area contributed by atoms with Gasteiger partial charge in [-0.25, -0.2) is 13.4 Å². The van der Waals surface area contributed by atoms with Crippen molar-refractivity contribution in [3.8, 4) is 0 Å². The molecule has 112 valence electrons. The molecule has 1 aromatic rings. The summed E-state index contributed by atoms with van der Waals surface area (Å²) < 4.78 is 22.7. The molecule has 0 atom stereocenters. The van der Waals surface area contributed by atoms with Crippen LogP contribution in [0.5, 0.6) is 0 Å². The zero-order valence-corrected chi connectivity index (χ0v) is 13.1. The lowest BCUT2D eigenvalue weighted by molar-refractivity contribution is 0.576. The third kappa shape index (κ3) is 6.06. The number of rotatable bonds is 6. The van der Waals surface area contributed by atoms with Crippen LogP contribution in [0.1, 0.15) is 25.8 Å². The lowest BCUT2D eigenvalue weighted by Gasteiger charge is -2.07. The molecule has 0 aliphatic heterocycles. The van der Waals surface area contributed by atoms with E-state index in [0.717, 1.165) is 18.5 Å². The van der Waals surface area contributed by atoms with Crippen LogP contribution in [0, 0.1) is 5.92 Å². The molecule has 1 rings (SSSR count). The number of nitrogens with zero attached hydrogens (tertiary/aromatic N) is 1. The van der Waals surface area contributed by atoms with Crippen molar-refractivity contribution in [3.63, 3.8) is 0 Å². The number of benzene rings is 1. The monoisotopic (exact) mass is 297 g/mol. The molecule has 3 N–H and O–H groups in total. The van der Waals surface area contributed by atoms with Gasteiger partial charge < -0.3 is 11.1 Å². The Bertz CT molecular complexity index is 548. The highest BCUT2D eigenvalue weighted by Crippen LogP contribution is 2.10. The van der Waals surface area contributed by atoms with E-state index in [4.69, 9.17) is 5.73 Å². The number of aliphatic imine (C=N–C) groups is 1. The topological polar surface area (TPSA) is 84.5 Å². The van der Waals surface area contributed by atoms with Gasteiger partial charge in [-0.2, -0.15) is 0 Å². The molecule has 0 aromatic heterocycles. The van der Waals surface area contributed by atoms with Gasteiger partial charge in [0.15, 0.2) is 15.8 Å². The minimum absolute atomic E-state index is 0.313. The van der Waals surface area contributed by atoms with E-state index in [0.29, 0.717) is 23.3 Å². The van der Waals surface area contributed by atoms with E-state index in [-0.39, 0.29) is 0 Å². The minimum Gasteiger partial charge on any atom is -0.370 e. The van der Waals surface area contributed by atoms with Gasteiger partial charge in [0.2, 0.25) is 0 Å². The summed E-state index contributed by atoms with van der Waals surface area (Å²) in [5, 5.41) is 3.05. The van der Waals surface area contributed by atoms with Gasteiger partial charge >= 0.3 is 0 Å². The van der Waals surface area contributed by atoms with Gasteiger partial charge in [0.25, 0.3) is 0 Å². The van der Waals surface area contributed by atoms with Crippen LogP contribution in [-0.2, 0) is 16.4 Å². The van der Waals surface area contributed by atoms with Crippen molar-refractivity contribution in [1.29, 1.82) is 0 Å². The summed E-state index contributed by atoms with van der Waals surface area (Å²) in [6, 6.07) is 6.67. The van der Waals surface area contributed by atoms with Crippen LogP contribution in [-0.4, -0.2) is 27.2 Å². The first kappa shape index (κ1) is 16.5. The van der Waals surface area contributed by atoms with E-state index in [9.17, 15) is 8.42 Å². The molecule has 0 fully saturated rings. The molecule has 0 heterocycles. The first-order valence-corrected chi connectivity index (χ1v) is 8.51. The Morgan fingerprint density at radius 1 is 1.30 bits per heavy atom. The smallest absolute Gasteiger partial charge is 0.188 e. The van der Waals surface area contributed by atoms with E-state index >= 15 is 0 Å². The molecule has 20 heavy (non-hydrogen) atoms. The molecule has 6 heteroatoms. The summed E-state index contributed by atoms with van der Waals surface area (Å²) in [5.41, 5.74) is 6.67. The van der Waals surface area contributed by atoms with Gasteiger partial charge in [0.1, 0.15) is 0 Å². The molecule has 0 aliphatic rings. The number of nitrogens with one attached hydrogen (secondary N) is 1. The van der Waals surface area contributed by atoms with Gasteiger partial charge in [-0.15, -0.1) is 0 Å². The van der Waals surface area contributed by atoms with E-state index in [1.807, 2.05) is 0 Å². The maximum Gasteiger partial charge on any atom is 0.188 e. The van der Waals surface area contributed by atoms with Gasteiger partial charge in [-0.3, -0.25) is 0 Å². The molecule has 0 saturated carbocycles. The second-order valence-corrected chi connectivity index (χ2v) is 7.24. The summed E-state index contributed by atoms with van der Waals surface area (Å²) in [6.45, 7) is 5.54. The second kappa shape index (κ2) is 7.28. The summed E-state index contributed by atoms with van der Waals surface area (Å²) >= 11 is 0. The fraction of sp³-hybridized carbons (Fsp3) is 0.500. The van der Waals surface area contributed by atoms with Crippen LogP contribution in [0.15, 0.2) is 34.2 Å². The zero-order chi connectivity index (χ0) is 15.2. The van der Waals surface area contributed by atoms with E-state index in [2.05, 4.69) is 24.2 Å². The molecule has 1 aromatic carbocycles. The fourth-order valence-electron chi connectivity index (χ4n) is 1.56. The lowest BCUT2D eigenvalue weighted by Crippen LogP contribution is -2.32. The molecular formula is C14H23N3O2S. The molecular weight excluding hydrogens is 274 g/mol. The van der Waals surface area contributed by atoms with Crippen molar-refractivity contribution >= 4 is 15.8 Å². The van der Waals surface area contributed by atoms with Gasteiger partial charge in [-0.1, -0.05) is 26.0 Å². The Kier molecular flexibility index (Phi) is 6.01. The molecule has 0 radical (unpaired) electrons. The van der Waals surface area contributed by atoms with Gasteiger partial charge in [-0.05, 0) is 30.0 Å². The number of hydrogen-bond acceptors (Lipinski definition) is 3. The summed E-state index contributed by atoms with van der Waals surface area (Å²) in [7, 11) is -3.14. The molecule has 0 unspecified atom stereocenters. The standard InChI is InChI=1S/C14H23N3O2S/c1-11(2)8-9-16-14(15)17-10-12-4-6-13(7-5-12)20(3,18)19/h4-7,11H,8-10H2,1-3H3,(H3,15,16,17). The Labute approximate surface area is 121 Å². The molecule has 0 amide bonds. The van der Waals surface area contributed by atoms with Crippen molar-refractivity contribution < 1.29 is 8.42 Å². The molecule has 0 aliphatic carbocycles. The second-order valence-electron chi connectivity index (χ2n) is 5.23. The van der Waals surface area contributed by atoms with E-state index in [1.54, 1.807) is 24.3 Å². The Balaban J connectivity index is 2.52. The number of hydrogen-bond donors (Lipinski definition) is 2. The summed E-state index contributed by atoms with van der Waals surface area (Å²) in [5.74, 6) is 1.04. The van der Waals surface area contributed by atoms with Crippen molar-refractivity contribution in [3.05, 3.63) is 29.8 Å². The Morgan fingerprint density at radius 2 is 1.90 bits per heavy atom. The number of nitrogens with two attached hydrogens (primary N) is 1. The first-order chi connectivity index (χ1) is 9.29. The van der Waals surface area contributed by atoms with Crippen LogP contribution in [0.25, 0.3) is 0 Å². The number of sulfone groups is 1. The zero-order valence-electron chi connectivity index (χ0n) is 12.3. The van der Waals surface area contributed by atoms with E-state index < -0.39 is 9.84 Å². The average Bonchev–Trinajstić information content (AvgIpc) is 2.35. The highest BCUT2D eigenvalue weighted by Gasteiger charge is 2.05. The van der Waals surface area contributed by atoms with E-state index in [1.165, 1.54) is 6.26 Å². The highest BCUT2D eigenvalue weighted by molar-refractivity contribution is 7.90. The largest absolute Gasteiger partial charge is 0.370 e. The normalized spacial score (nSPS) is 12.7. The van der Waals surface area contributed by atoms with Crippen molar-refractivity contribution in [2.75, 3.05) is 12.8 Å². The fourth-order valence-corrected chi connectivity index (χ4v) is 2.19.